The molecule has 0 radical (unpaired) electrons. The molecule has 9 nitrogen and oxygen atoms in total. The predicted molar refractivity (Wildman–Crippen MR) is 83.6 cm³/mol. The number of hydrogen-bond acceptors (Lipinski definition) is 5. The van der Waals surface area contributed by atoms with Gasteiger partial charge in [-0.25, -0.2) is 14.2 Å². The van der Waals surface area contributed by atoms with E-state index in [4.69, 9.17) is 14.5 Å². The molecule has 4 N–H and O–H groups in total. The number of carboxylic acids is 1. The first-order chi connectivity index (χ1) is 10.9. The first kappa shape index (κ1) is 20.0. The minimum absolute atomic E-state index is 0.0369. The molecule has 1 atom stereocenters. The van der Waals surface area contributed by atoms with Crippen LogP contribution in [0.3, 0.4) is 0 Å². The van der Waals surface area contributed by atoms with E-state index in [1.807, 2.05) is 0 Å². The summed E-state index contributed by atoms with van der Waals surface area (Å²) in [5.41, 5.74) is -0.231. The number of aliphatic carboxylic acids is 1. The van der Waals surface area contributed by atoms with Crippen molar-refractivity contribution >= 4 is 19.9 Å². The number of nitrogens with one attached hydrogen (secondary N) is 1. The number of carboxylic acid groups (broad SMARTS) is 1. The molecule has 1 unspecified atom stereocenters. The highest BCUT2D eigenvalue weighted by atomic mass is 31.2. The third-order valence-electron chi connectivity index (χ3n) is 2.58. The maximum Gasteiger partial charge on any atom is 0.524 e. The second-order valence-electron chi connectivity index (χ2n) is 5.97. The smallest absolute Gasteiger partial charge is 0.480 e. The quantitative estimate of drug-likeness (QED) is 0.561. The number of carbonyl (C=O) groups excluding carboxylic acids is 1. The number of amides is 1. The van der Waals surface area contributed by atoms with Gasteiger partial charge in [-0.1, -0.05) is 12.1 Å². The fraction of sp³-hybridized carbons (Fsp3) is 0.429. The SMILES string of the molecule is CC(C)(C)OC(=O)NC(Cc1ccc(OP(=O)(O)O)cc1)C(=O)O. The zero-order valence-electron chi connectivity index (χ0n) is 13.4. The van der Waals surface area contributed by atoms with E-state index in [9.17, 15) is 19.3 Å². The normalized spacial score (nSPS) is 13.0. The third-order valence-corrected chi connectivity index (χ3v) is 3.03. The highest BCUT2D eigenvalue weighted by Crippen LogP contribution is 2.37. The molecule has 0 aromatic heterocycles. The lowest BCUT2D eigenvalue weighted by molar-refractivity contribution is -0.139. The van der Waals surface area contributed by atoms with Crippen LogP contribution in [0.1, 0.15) is 26.3 Å². The van der Waals surface area contributed by atoms with Gasteiger partial charge in [0.25, 0.3) is 0 Å². The fourth-order valence-electron chi connectivity index (χ4n) is 1.71. The average molecular weight is 361 g/mol. The van der Waals surface area contributed by atoms with E-state index in [2.05, 4.69) is 9.84 Å². The zero-order valence-corrected chi connectivity index (χ0v) is 14.3. The van der Waals surface area contributed by atoms with Crippen molar-refractivity contribution in [3.63, 3.8) is 0 Å². The third kappa shape index (κ3) is 7.96. The molecule has 0 aliphatic rings. The molecule has 24 heavy (non-hydrogen) atoms. The van der Waals surface area contributed by atoms with Crippen molar-refractivity contribution in [2.24, 2.45) is 0 Å². The molecule has 1 amide bonds. The Morgan fingerprint density at radius 2 is 1.75 bits per heavy atom. The summed E-state index contributed by atoms with van der Waals surface area (Å²) < 4.78 is 20.1. The Balaban J connectivity index is 2.73. The van der Waals surface area contributed by atoms with Gasteiger partial charge in [-0.05, 0) is 38.5 Å². The van der Waals surface area contributed by atoms with Crippen LogP contribution in [0.25, 0.3) is 0 Å². The van der Waals surface area contributed by atoms with Crippen LogP contribution in [0.5, 0.6) is 5.75 Å². The van der Waals surface area contributed by atoms with Gasteiger partial charge in [0.1, 0.15) is 17.4 Å². The topological polar surface area (TPSA) is 142 Å². The minimum atomic E-state index is -4.65. The number of phosphoric acid groups is 1. The van der Waals surface area contributed by atoms with Gasteiger partial charge in [0.2, 0.25) is 0 Å². The van der Waals surface area contributed by atoms with Crippen LogP contribution >= 0.6 is 7.82 Å². The van der Waals surface area contributed by atoms with Gasteiger partial charge in [0, 0.05) is 6.42 Å². The van der Waals surface area contributed by atoms with Crippen LogP contribution in [0.15, 0.2) is 24.3 Å². The average Bonchev–Trinajstić information content (AvgIpc) is 2.36. The molecule has 1 aromatic rings. The zero-order chi connectivity index (χ0) is 18.5. The molecular weight excluding hydrogens is 341 g/mol. The minimum Gasteiger partial charge on any atom is -0.480 e. The standard InChI is InChI=1S/C14H20NO8P/c1-14(2,3)22-13(18)15-11(12(16)17)8-9-4-6-10(7-5-9)23-24(19,20)21/h4-7,11H,8H2,1-3H3,(H,15,18)(H,16,17)(H2,19,20,21). The Morgan fingerprint density at radius 1 is 1.21 bits per heavy atom. The van der Waals surface area contributed by atoms with Crippen LogP contribution in [0, 0.1) is 0 Å². The highest BCUT2D eigenvalue weighted by Gasteiger charge is 2.24. The molecule has 134 valence electrons. The molecule has 10 heteroatoms. The van der Waals surface area contributed by atoms with Gasteiger partial charge < -0.3 is 19.7 Å². The molecule has 0 saturated carbocycles. The summed E-state index contributed by atoms with van der Waals surface area (Å²) in [6.45, 7) is 4.96. The monoisotopic (exact) mass is 361 g/mol. The lowest BCUT2D eigenvalue weighted by Crippen LogP contribution is -2.44. The molecule has 0 fully saturated rings. The van der Waals surface area contributed by atoms with E-state index in [1.165, 1.54) is 24.3 Å². The van der Waals surface area contributed by atoms with Crippen molar-refractivity contribution in [1.29, 1.82) is 0 Å². The highest BCUT2D eigenvalue weighted by molar-refractivity contribution is 7.46. The van der Waals surface area contributed by atoms with Crippen molar-refractivity contribution in [3.05, 3.63) is 29.8 Å². The van der Waals surface area contributed by atoms with Crippen LogP contribution in [-0.2, 0) is 20.5 Å². The predicted octanol–water partition coefficient (Wildman–Crippen LogP) is 1.68. The Morgan fingerprint density at radius 3 is 2.17 bits per heavy atom. The molecule has 1 rings (SSSR count). The first-order valence-corrected chi connectivity index (χ1v) is 8.45. The van der Waals surface area contributed by atoms with Crippen LogP contribution < -0.4 is 9.84 Å². The molecule has 0 bridgehead atoms. The summed E-state index contributed by atoms with van der Waals surface area (Å²) >= 11 is 0. The number of ether oxygens (including phenoxy) is 1. The van der Waals surface area contributed by atoms with Crippen LogP contribution in [0.2, 0.25) is 0 Å². The van der Waals surface area contributed by atoms with Gasteiger partial charge in [0.05, 0.1) is 0 Å². The fourth-order valence-corrected chi connectivity index (χ4v) is 2.11. The number of rotatable bonds is 6. The molecule has 0 spiro atoms. The lowest BCUT2D eigenvalue weighted by atomic mass is 10.1. The number of hydrogen-bond donors (Lipinski definition) is 4. The number of benzene rings is 1. The summed E-state index contributed by atoms with van der Waals surface area (Å²) in [5.74, 6) is -1.30. The van der Waals surface area contributed by atoms with Crippen molar-refractivity contribution in [2.75, 3.05) is 0 Å². The number of phosphoric ester groups is 1. The van der Waals surface area contributed by atoms with E-state index >= 15 is 0 Å². The van der Waals surface area contributed by atoms with Gasteiger partial charge in [-0.3, -0.25) is 9.79 Å². The van der Waals surface area contributed by atoms with E-state index in [-0.39, 0.29) is 12.2 Å². The van der Waals surface area contributed by atoms with E-state index in [1.54, 1.807) is 20.8 Å². The maximum atomic E-state index is 11.7. The summed E-state index contributed by atoms with van der Waals surface area (Å²) in [7, 11) is -4.65. The van der Waals surface area contributed by atoms with Crippen LogP contribution in [0.4, 0.5) is 4.79 Å². The first-order valence-electron chi connectivity index (χ1n) is 6.92. The van der Waals surface area contributed by atoms with E-state index in [0.29, 0.717) is 5.56 Å². The lowest BCUT2D eigenvalue weighted by Gasteiger charge is -2.22. The molecule has 0 saturated heterocycles. The van der Waals surface area contributed by atoms with Crippen LogP contribution in [-0.4, -0.2) is 38.6 Å². The number of carbonyl (C=O) groups is 2. The molecule has 0 heterocycles. The van der Waals surface area contributed by atoms with Gasteiger partial charge in [-0.15, -0.1) is 0 Å². The van der Waals surface area contributed by atoms with Gasteiger partial charge >= 0.3 is 19.9 Å². The Labute approximate surface area is 138 Å². The Bertz CT molecular complexity index is 631. The summed E-state index contributed by atoms with van der Waals surface area (Å²) in [5, 5.41) is 11.4. The number of alkyl carbamates (subject to hydrolysis) is 1. The van der Waals surface area contributed by atoms with Crippen molar-refractivity contribution < 1.29 is 38.3 Å². The van der Waals surface area contributed by atoms with Gasteiger partial charge in [0.15, 0.2) is 0 Å². The van der Waals surface area contributed by atoms with Crippen molar-refractivity contribution in [1.82, 2.24) is 5.32 Å². The van der Waals surface area contributed by atoms with Gasteiger partial charge in [-0.2, -0.15) is 0 Å². The summed E-state index contributed by atoms with van der Waals surface area (Å²) in [6.07, 6.45) is -0.888. The second kappa shape index (κ2) is 7.65. The Kier molecular flexibility index (Phi) is 6.36. The maximum absolute atomic E-state index is 11.7. The molecule has 0 aliphatic carbocycles. The largest absolute Gasteiger partial charge is 0.524 e. The molecule has 0 aliphatic heterocycles. The van der Waals surface area contributed by atoms with E-state index in [0.717, 1.165) is 0 Å². The molecule has 1 aromatic carbocycles. The summed E-state index contributed by atoms with van der Waals surface area (Å²) in [6, 6.07) is 4.25. The summed E-state index contributed by atoms with van der Waals surface area (Å²) in [4.78, 5) is 40.3. The van der Waals surface area contributed by atoms with Crippen molar-refractivity contribution in [3.8, 4) is 5.75 Å². The van der Waals surface area contributed by atoms with Crippen molar-refractivity contribution in [2.45, 2.75) is 38.8 Å². The second-order valence-corrected chi connectivity index (χ2v) is 7.13. The Hall–Kier alpha value is -2.09. The van der Waals surface area contributed by atoms with E-state index < -0.39 is 31.5 Å². The molecular formula is C14H20NO8P.